The number of morpholine rings is 1. The number of nitrogens with zero attached hydrogens (tertiary/aromatic N) is 2. The predicted octanol–water partition coefficient (Wildman–Crippen LogP) is 0.840. The smallest absolute Gasteiger partial charge is 0.289 e. The predicted molar refractivity (Wildman–Crippen MR) is 89.0 cm³/mol. The molecule has 1 amide bonds. The third kappa shape index (κ3) is 4.80. The number of hydrogen-bond donors (Lipinski definition) is 1. The minimum Gasteiger partial charge on any atom is -0.459 e. The van der Waals surface area contributed by atoms with Crippen molar-refractivity contribution in [1.29, 1.82) is 0 Å². The number of methoxy groups -OCH3 is 1. The standard InChI is InChI=1S/C17H28N2O5/c1-17(2,13-20)19-7-10-23-14(12-19)11-18(6-9-22-3)16(21)15-5-4-8-24-15/h4-5,8,14,20H,6-7,9-13H2,1-3H3. The number of hydrogen-bond acceptors (Lipinski definition) is 6. The van der Waals surface area contributed by atoms with Crippen molar-refractivity contribution in [2.45, 2.75) is 25.5 Å². The molecule has 136 valence electrons. The fourth-order valence-electron chi connectivity index (χ4n) is 2.76. The molecule has 1 atom stereocenters. The van der Waals surface area contributed by atoms with Gasteiger partial charge in [-0.2, -0.15) is 0 Å². The maximum Gasteiger partial charge on any atom is 0.289 e. The van der Waals surface area contributed by atoms with Crippen LogP contribution in [0.15, 0.2) is 22.8 Å². The van der Waals surface area contributed by atoms with Crippen LogP contribution in [0.25, 0.3) is 0 Å². The van der Waals surface area contributed by atoms with Gasteiger partial charge in [0.1, 0.15) is 0 Å². The zero-order valence-corrected chi connectivity index (χ0v) is 14.7. The van der Waals surface area contributed by atoms with Crippen molar-refractivity contribution >= 4 is 5.91 Å². The number of aliphatic hydroxyl groups excluding tert-OH is 1. The van der Waals surface area contributed by atoms with Crippen LogP contribution < -0.4 is 0 Å². The number of carbonyl (C=O) groups excluding carboxylic acids is 1. The Kier molecular flexibility index (Phi) is 6.79. The normalized spacial score (nSPS) is 19.4. The Balaban J connectivity index is 2.01. The van der Waals surface area contributed by atoms with Gasteiger partial charge in [0.25, 0.3) is 5.91 Å². The summed E-state index contributed by atoms with van der Waals surface area (Å²) in [6.07, 6.45) is 1.38. The first-order chi connectivity index (χ1) is 11.5. The molecular formula is C17H28N2O5. The zero-order chi connectivity index (χ0) is 17.6. The summed E-state index contributed by atoms with van der Waals surface area (Å²) < 4.78 is 16.2. The Morgan fingerprint density at radius 3 is 2.96 bits per heavy atom. The number of aliphatic hydroxyl groups is 1. The van der Waals surface area contributed by atoms with Gasteiger partial charge in [-0.15, -0.1) is 0 Å². The van der Waals surface area contributed by atoms with Gasteiger partial charge in [0.15, 0.2) is 5.76 Å². The Morgan fingerprint density at radius 1 is 1.54 bits per heavy atom. The van der Waals surface area contributed by atoms with E-state index in [0.717, 1.165) is 6.54 Å². The summed E-state index contributed by atoms with van der Waals surface area (Å²) in [5.41, 5.74) is -0.301. The molecule has 7 nitrogen and oxygen atoms in total. The van der Waals surface area contributed by atoms with Crippen molar-refractivity contribution in [3.05, 3.63) is 24.2 Å². The lowest BCUT2D eigenvalue weighted by Gasteiger charge is -2.43. The third-order valence-corrected chi connectivity index (χ3v) is 4.39. The minimum atomic E-state index is -0.301. The van der Waals surface area contributed by atoms with Gasteiger partial charge < -0.3 is 23.9 Å². The van der Waals surface area contributed by atoms with Gasteiger partial charge in [-0.25, -0.2) is 0 Å². The molecule has 0 bridgehead atoms. The first-order valence-corrected chi connectivity index (χ1v) is 8.27. The summed E-state index contributed by atoms with van der Waals surface area (Å²) >= 11 is 0. The third-order valence-electron chi connectivity index (χ3n) is 4.39. The molecule has 1 aromatic rings. The Morgan fingerprint density at radius 2 is 2.33 bits per heavy atom. The van der Waals surface area contributed by atoms with Gasteiger partial charge in [0.2, 0.25) is 0 Å². The summed E-state index contributed by atoms with van der Waals surface area (Å²) in [5.74, 6) is 0.147. The number of rotatable bonds is 8. The van der Waals surface area contributed by atoms with Crippen LogP contribution in [0.3, 0.4) is 0 Å². The van der Waals surface area contributed by atoms with Crippen LogP contribution in [0.5, 0.6) is 0 Å². The molecule has 1 unspecified atom stereocenters. The van der Waals surface area contributed by atoms with Gasteiger partial charge >= 0.3 is 0 Å². The molecule has 1 fully saturated rings. The van der Waals surface area contributed by atoms with Crippen molar-refractivity contribution in [3.63, 3.8) is 0 Å². The van der Waals surface area contributed by atoms with Crippen LogP contribution in [0.1, 0.15) is 24.4 Å². The largest absolute Gasteiger partial charge is 0.459 e. The van der Waals surface area contributed by atoms with Crippen LogP contribution in [0.4, 0.5) is 0 Å². The number of amides is 1. The van der Waals surface area contributed by atoms with Crippen LogP contribution in [0.2, 0.25) is 0 Å². The summed E-state index contributed by atoms with van der Waals surface area (Å²) in [5, 5.41) is 9.57. The van der Waals surface area contributed by atoms with E-state index in [2.05, 4.69) is 4.90 Å². The first kappa shape index (κ1) is 18.9. The second-order valence-corrected chi connectivity index (χ2v) is 6.63. The molecule has 0 aliphatic carbocycles. The molecule has 24 heavy (non-hydrogen) atoms. The summed E-state index contributed by atoms with van der Waals surface area (Å²) in [6, 6.07) is 3.36. The highest BCUT2D eigenvalue weighted by molar-refractivity contribution is 5.91. The Bertz CT molecular complexity index is 503. The molecule has 0 spiro atoms. The van der Waals surface area contributed by atoms with Crippen LogP contribution >= 0.6 is 0 Å². The number of carbonyl (C=O) groups is 1. The van der Waals surface area contributed by atoms with E-state index in [-0.39, 0.29) is 24.2 Å². The van der Waals surface area contributed by atoms with Gasteiger partial charge in [0.05, 0.1) is 32.2 Å². The van der Waals surface area contributed by atoms with Gasteiger partial charge in [-0.05, 0) is 26.0 Å². The van der Waals surface area contributed by atoms with E-state index in [4.69, 9.17) is 13.9 Å². The topological polar surface area (TPSA) is 75.4 Å². The average Bonchev–Trinajstić information content (AvgIpc) is 3.12. The highest BCUT2D eigenvalue weighted by Crippen LogP contribution is 2.19. The molecule has 0 aromatic carbocycles. The van der Waals surface area contributed by atoms with E-state index < -0.39 is 0 Å². The lowest BCUT2D eigenvalue weighted by Crippen LogP contribution is -2.57. The molecule has 1 aromatic heterocycles. The van der Waals surface area contributed by atoms with Crippen molar-refractivity contribution < 1.29 is 23.8 Å². The maximum atomic E-state index is 12.6. The van der Waals surface area contributed by atoms with Crippen LogP contribution in [0, 0.1) is 0 Å². The molecule has 7 heteroatoms. The van der Waals surface area contributed by atoms with Crippen molar-refractivity contribution in [3.8, 4) is 0 Å². The highest BCUT2D eigenvalue weighted by atomic mass is 16.5. The molecular weight excluding hydrogens is 312 g/mol. The monoisotopic (exact) mass is 340 g/mol. The maximum absolute atomic E-state index is 12.6. The molecule has 1 aliphatic rings. The second kappa shape index (κ2) is 8.62. The van der Waals surface area contributed by atoms with Crippen LogP contribution in [-0.4, -0.2) is 85.6 Å². The summed E-state index contributed by atoms with van der Waals surface area (Å²) in [6.45, 7) is 7.50. The van der Waals surface area contributed by atoms with Crippen molar-refractivity contribution in [1.82, 2.24) is 9.80 Å². The van der Waals surface area contributed by atoms with E-state index in [1.165, 1.54) is 6.26 Å². The molecule has 1 aliphatic heterocycles. The first-order valence-electron chi connectivity index (χ1n) is 8.27. The lowest BCUT2D eigenvalue weighted by atomic mass is 10.0. The Labute approximate surface area is 143 Å². The summed E-state index contributed by atoms with van der Waals surface area (Å²) in [7, 11) is 1.61. The van der Waals surface area contributed by atoms with E-state index in [0.29, 0.717) is 38.6 Å². The van der Waals surface area contributed by atoms with Crippen molar-refractivity contribution in [2.75, 3.05) is 53.1 Å². The van der Waals surface area contributed by atoms with Gasteiger partial charge in [0, 0.05) is 38.8 Å². The van der Waals surface area contributed by atoms with E-state index in [9.17, 15) is 9.90 Å². The molecule has 2 rings (SSSR count). The SMILES string of the molecule is COCCN(CC1CN(C(C)(C)CO)CCO1)C(=O)c1ccco1. The van der Waals surface area contributed by atoms with Crippen LogP contribution in [-0.2, 0) is 9.47 Å². The molecule has 0 radical (unpaired) electrons. The summed E-state index contributed by atoms with van der Waals surface area (Å²) in [4.78, 5) is 16.5. The minimum absolute atomic E-state index is 0.0818. The van der Waals surface area contributed by atoms with E-state index >= 15 is 0 Å². The molecule has 1 saturated heterocycles. The number of ether oxygens (including phenoxy) is 2. The van der Waals surface area contributed by atoms with Crippen molar-refractivity contribution in [2.24, 2.45) is 0 Å². The fourth-order valence-corrected chi connectivity index (χ4v) is 2.76. The quantitative estimate of drug-likeness (QED) is 0.756. The fraction of sp³-hybridized carbons (Fsp3) is 0.706. The molecule has 1 N–H and O–H groups in total. The zero-order valence-electron chi connectivity index (χ0n) is 14.7. The second-order valence-electron chi connectivity index (χ2n) is 6.63. The average molecular weight is 340 g/mol. The van der Waals surface area contributed by atoms with E-state index in [1.807, 2.05) is 13.8 Å². The number of furan rings is 1. The van der Waals surface area contributed by atoms with Gasteiger partial charge in [-0.1, -0.05) is 0 Å². The van der Waals surface area contributed by atoms with Gasteiger partial charge in [-0.3, -0.25) is 9.69 Å². The molecule has 0 saturated carbocycles. The Hall–Kier alpha value is -1.41. The van der Waals surface area contributed by atoms with E-state index in [1.54, 1.807) is 24.1 Å². The highest BCUT2D eigenvalue weighted by Gasteiger charge is 2.33. The molecule has 2 heterocycles. The lowest BCUT2D eigenvalue weighted by molar-refractivity contribution is -0.0805.